The number of nitrogens with zero attached hydrogens (tertiary/aromatic N) is 1. The second-order valence-corrected chi connectivity index (χ2v) is 5.59. The lowest BCUT2D eigenvalue weighted by atomic mass is 10.0. The third-order valence-electron chi connectivity index (χ3n) is 4.07. The first-order valence-electron chi connectivity index (χ1n) is 7.72. The maximum absolute atomic E-state index is 10.7. The normalized spacial score (nSPS) is 10.6. The van der Waals surface area contributed by atoms with E-state index >= 15 is 0 Å². The van der Waals surface area contributed by atoms with Crippen LogP contribution in [-0.2, 0) is 11.2 Å². The number of methoxy groups -OCH3 is 2. The molecule has 3 rings (SSSR count). The van der Waals surface area contributed by atoms with E-state index < -0.39 is 0 Å². The second kappa shape index (κ2) is 6.71. The van der Waals surface area contributed by atoms with Gasteiger partial charge in [0.25, 0.3) is 0 Å². The van der Waals surface area contributed by atoms with Crippen LogP contribution in [0.4, 0.5) is 0 Å². The Morgan fingerprint density at radius 3 is 2.50 bits per heavy atom. The van der Waals surface area contributed by atoms with E-state index in [1.807, 2.05) is 49.4 Å². The molecule has 1 heterocycles. The summed E-state index contributed by atoms with van der Waals surface area (Å²) in [6, 6.07) is 13.8. The minimum Gasteiger partial charge on any atom is -0.493 e. The summed E-state index contributed by atoms with van der Waals surface area (Å²) in [6.45, 7) is 1.98. The Morgan fingerprint density at radius 2 is 1.79 bits per heavy atom. The molecule has 3 aromatic rings. The van der Waals surface area contributed by atoms with Gasteiger partial charge in [-0.1, -0.05) is 18.2 Å². The number of aryl methyl sites for hydroxylation is 1. The fourth-order valence-corrected chi connectivity index (χ4v) is 2.85. The molecule has 122 valence electrons. The van der Waals surface area contributed by atoms with Crippen LogP contribution in [0.1, 0.15) is 11.3 Å². The minimum atomic E-state index is 0.408. The number of hydrogen-bond donors (Lipinski definition) is 0. The third-order valence-corrected chi connectivity index (χ3v) is 4.07. The monoisotopic (exact) mass is 321 g/mol. The standard InChI is InChI=1S/C20H19NO3/c1-13-17-12-20(24-3)19(23-2)11-16(17)10-18(21-13)15-6-4-5-14(9-15)7-8-22/h4-6,8-12H,7H2,1-3H3. The smallest absolute Gasteiger partial charge is 0.161 e. The zero-order chi connectivity index (χ0) is 17.1. The van der Waals surface area contributed by atoms with Gasteiger partial charge in [0.2, 0.25) is 0 Å². The van der Waals surface area contributed by atoms with Crippen molar-refractivity contribution in [1.29, 1.82) is 0 Å². The maximum atomic E-state index is 10.7. The van der Waals surface area contributed by atoms with Crippen molar-refractivity contribution in [1.82, 2.24) is 4.98 Å². The highest BCUT2D eigenvalue weighted by molar-refractivity contribution is 5.90. The molecule has 0 saturated carbocycles. The fraction of sp³-hybridized carbons (Fsp3) is 0.200. The summed E-state index contributed by atoms with van der Waals surface area (Å²) in [5, 5.41) is 2.07. The van der Waals surface area contributed by atoms with Gasteiger partial charge in [-0.3, -0.25) is 4.98 Å². The number of ether oxygens (including phenoxy) is 2. The van der Waals surface area contributed by atoms with Crippen molar-refractivity contribution in [3.63, 3.8) is 0 Å². The number of rotatable bonds is 5. The van der Waals surface area contributed by atoms with Gasteiger partial charge in [0.1, 0.15) is 6.29 Å². The van der Waals surface area contributed by atoms with E-state index in [2.05, 4.69) is 0 Å². The molecule has 0 bridgehead atoms. The van der Waals surface area contributed by atoms with E-state index in [0.717, 1.165) is 39.6 Å². The molecule has 0 fully saturated rings. The van der Waals surface area contributed by atoms with Crippen molar-refractivity contribution >= 4 is 17.1 Å². The number of pyridine rings is 1. The predicted molar refractivity (Wildman–Crippen MR) is 94.8 cm³/mol. The molecular formula is C20H19NO3. The number of hydrogen-bond acceptors (Lipinski definition) is 4. The van der Waals surface area contributed by atoms with Crippen LogP contribution < -0.4 is 9.47 Å². The molecule has 0 radical (unpaired) electrons. The molecule has 1 aromatic heterocycles. The molecule has 4 nitrogen and oxygen atoms in total. The first-order valence-corrected chi connectivity index (χ1v) is 7.72. The highest BCUT2D eigenvalue weighted by atomic mass is 16.5. The molecule has 2 aromatic carbocycles. The van der Waals surface area contributed by atoms with Gasteiger partial charge in [0.05, 0.1) is 19.9 Å². The molecule has 0 N–H and O–H groups in total. The Morgan fingerprint density at radius 1 is 1.04 bits per heavy atom. The predicted octanol–water partition coefficient (Wildman–Crippen LogP) is 3.97. The Balaban J connectivity index is 2.16. The molecule has 0 unspecified atom stereocenters. The van der Waals surface area contributed by atoms with Crippen LogP contribution in [0.5, 0.6) is 11.5 Å². The average Bonchev–Trinajstić information content (AvgIpc) is 2.61. The summed E-state index contributed by atoms with van der Waals surface area (Å²) >= 11 is 0. The van der Waals surface area contributed by atoms with Crippen LogP contribution in [0.2, 0.25) is 0 Å². The SMILES string of the molecule is COc1cc2cc(-c3cccc(CC=O)c3)nc(C)c2cc1OC. The summed E-state index contributed by atoms with van der Waals surface area (Å²) in [4.78, 5) is 15.5. The molecule has 0 aliphatic carbocycles. The van der Waals surface area contributed by atoms with Gasteiger partial charge >= 0.3 is 0 Å². The molecule has 0 amide bonds. The first-order chi connectivity index (χ1) is 11.7. The number of carbonyl (C=O) groups is 1. The summed E-state index contributed by atoms with van der Waals surface area (Å²) < 4.78 is 10.8. The Kier molecular flexibility index (Phi) is 4.47. The van der Waals surface area contributed by atoms with Crippen molar-refractivity contribution in [2.75, 3.05) is 14.2 Å². The van der Waals surface area contributed by atoms with E-state index in [9.17, 15) is 4.79 Å². The fourth-order valence-electron chi connectivity index (χ4n) is 2.85. The Hall–Kier alpha value is -2.88. The number of carbonyl (C=O) groups excluding carboxylic acids is 1. The topological polar surface area (TPSA) is 48.4 Å². The highest BCUT2D eigenvalue weighted by Crippen LogP contribution is 2.34. The van der Waals surface area contributed by atoms with E-state index in [0.29, 0.717) is 17.9 Å². The summed E-state index contributed by atoms with van der Waals surface area (Å²) in [5.41, 5.74) is 3.77. The quantitative estimate of drug-likeness (QED) is 0.667. The van der Waals surface area contributed by atoms with Gasteiger partial charge in [-0.2, -0.15) is 0 Å². The lowest BCUT2D eigenvalue weighted by Gasteiger charge is -2.12. The van der Waals surface area contributed by atoms with Crippen molar-refractivity contribution in [2.24, 2.45) is 0 Å². The Labute approximate surface area is 141 Å². The minimum absolute atomic E-state index is 0.408. The molecule has 0 saturated heterocycles. The summed E-state index contributed by atoms with van der Waals surface area (Å²) in [7, 11) is 3.25. The van der Waals surface area contributed by atoms with E-state index in [4.69, 9.17) is 14.5 Å². The van der Waals surface area contributed by atoms with Crippen molar-refractivity contribution < 1.29 is 14.3 Å². The van der Waals surface area contributed by atoms with Gasteiger partial charge in [-0.05, 0) is 42.1 Å². The van der Waals surface area contributed by atoms with E-state index in [1.165, 1.54) is 0 Å². The molecule has 4 heteroatoms. The molecule has 0 aliphatic heterocycles. The average molecular weight is 321 g/mol. The molecule has 0 aliphatic rings. The molecule has 24 heavy (non-hydrogen) atoms. The zero-order valence-corrected chi connectivity index (χ0v) is 14.0. The molecule has 0 spiro atoms. The number of benzene rings is 2. The second-order valence-electron chi connectivity index (χ2n) is 5.59. The van der Waals surface area contributed by atoms with Gasteiger partial charge in [-0.25, -0.2) is 0 Å². The van der Waals surface area contributed by atoms with Crippen molar-refractivity contribution in [2.45, 2.75) is 13.3 Å². The van der Waals surface area contributed by atoms with Crippen molar-refractivity contribution in [3.05, 3.63) is 53.7 Å². The summed E-state index contributed by atoms with van der Waals surface area (Å²) in [6.07, 6.45) is 1.32. The lowest BCUT2D eigenvalue weighted by Crippen LogP contribution is -1.95. The van der Waals surface area contributed by atoms with Gasteiger partial charge in [0, 0.05) is 23.1 Å². The first kappa shape index (κ1) is 16.0. The molecule has 0 atom stereocenters. The van der Waals surface area contributed by atoms with Crippen LogP contribution in [0, 0.1) is 6.92 Å². The van der Waals surface area contributed by atoms with E-state index in [1.54, 1.807) is 14.2 Å². The van der Waals surface area contributed by atoms with E-state index in [-0.39, 0.29) is 0 Å². The maximum Gasteiger partial charge on any atom is 0.161 e. The third kappa shape index (κ3) is 2.95. The lowest BCUT2D eigenvalue weighted by molar-refractivity contribution is -0.107. The van der Waals surface area contributed by atoms with Crippen LogP contribution in [0.3, 0.4) is 0 Å². The van der Waals surface area contributed by atoms with Gasteiger partial charge in [-0.15, -0.1) is 0 Å². The van der Waals surface area contributed by atoms with Gasteiger partial charge in [0.15, 0.2) is 11.5 Å². The highest BCUT2D eigenvalue weighted by Gasteiger charge is 2.11. The molecular weight excluding hydrogens is 302 g/mol. The summed E-state index contributed by atoms with van der Waals surface area (Å²) in [5.74, 6) is 1.38. The van der Waals surface area contributed by atoms with Crippen LogP contribution in [-0.4, -0.2) is 25.5 Å². The number of fused-ring (bicyclic) bond motifs is 1. The largest absolute Gasteiger partial charge is 0.493 e. The van der Waals surface area contributed by atoms with Gasteiger partial charge < -0.3 is 14.3 Å². The zero-order valence-electron chi connectivity index (χ0n) is 14.0. The van der Waals surface area contributed by atoms with Crippen LogP contribution in [0.25, 0.3) is 22.0 Å². The number of aldehydes is 1. The van der Waals surface area contributed by atoms with Crippen LogP contribution >= 0.6 is 0 Å². The Bertz CT molecular complexity index is 903. The van der Waals surface area contributed by atoms with Crippen LogP contribution in [0.15, 0.2) is 42.5 Å². The number of aromatic nitrogens is 1. The van der Waals surface area contributed by atoms with Crippen molar-refractivity contribution in [3.8, 4) is 22.8 Å².